The first-order valence-corrected chi connectivity index (χ1v) is 8.83. The first-order chi connectivity index (χ1) is 12.8. The Kier molecular flexibility index (Phi) is 4.64. The maximum absolute atomic E-state index is 12.5. The number of hydrogen-bond donors (Lipinski definition) is 2. The number of carbonyl (C=O) groups excluding carboxylic acids is 1. The van der Waals surface area contributed by atoms with Crippen molar-refractivity contribution in [1.82, 2.24) is 25.2 Å². The highest BCUT2D eigenvalue weighted by Gasteiger charge is 2.33. The molecule has 2 heterocycles. The van der Waals surface area contributed by atoms with Gasteiger partial charge in [-0.25, -0.2) is 14.8 Å². The highest BCUT2D eigenvalue weighted by atomic mass is 16.2. The van der Waals surface area contributed by atoms with Gasteiger partial charge in [0.2, 0.25) is 0 Å². The second-order valence-corrected chi connectivity index (χ2v) is 6.51. The molecule has 1 aliphatic rings. The van der Waals surface area contributed by atoms with Crippen LogP contribution in [0.15, 0.2) is 67.4 Å². The SMILES string of the molecule is O=C(NCc1cccnc1-n1ccnc1)NC(c1ccccc1)C1CC1. The van der Waals surface area contributed by atoms with Crippen molar-refractivity contribution in [2.75, 3.05) is 0 Å². The van der Waals surface area contributed by atoms with E-state index >= 15 is 0 Å². The zero-order valence-corrected chi connectivity index (χ0v) is 14.4. The van der Waals surface area contributed by atoms with E-state index in [1.54, 1.807) is 18.7 Å². The Morgan fingerprint density at radius 2 is 2.00 bits per heavy atom. The van der Waals surface area contributed by atoms with E-state index in [0.29, 0.717) is 12.5 Å². The van der Waals surface area contributed by atoms with Crippen LogP contribution in [-0.4, -0.2) is 20.6 Å². The monoisotopic (exact) mass is 347 g/mol. The van der Waals surface area contributed by atoms with Crippen LogP contribution in [0, 0.1) is 5.92 Å². The number of aromatic nitrogens is 3. The Bertz CT molecular complexity index is 859. The average molecular weight is 347 g/mol. The number of nitrogens with zero attached hydrogens (tertiary/aromatic N) is 3. The van der Waals surface area contributed by atoms with Gasteiger partial charge in [0.05, 0.1) is 6.04 Å². The molecule has 1 saturated carbocycles. The van der Waals surface area contributed by atoms with Gasteiger partial charge in [-0.15, -0.1) is 0 Å². The fraction of sp³-hybridized carbons (Fsp3) is 0.250. The molecule has 0 bridgehead atoms. The highest BCUT2D eigenvalue weighted by molar-refractivity contribution is 5.74. The van der Waals surface area contributed by atoms with Crippen LogP contribution in [-0.2, 0) is 6.54 Å². The van der Waals surface area contributed by atoms with Gasteiger partial charge in [-0.3, -0.25) is 4.57 Å². The maximum Gasteiger partial charge on any atom is 0.315 e. The molecule has 6 heteroatoms. The summed E-state index contributed by atoms with van der Waals surface area (Å²) in [5, 5.41) is 6.09. The van der Waals surface area contributed by atoms with E-state index in [0.717, 1.165) is 29.8 Å². The van der Waals surface area contributed by atoms with Crippen molar-refractivity contribution < 1.29 is 4.79 Å². The van der Waals surface area contributed by atoms with Crippen molar-refractivity contribution >= 4 is 6.03 Å². The van der Waals surface area contributed by atoms with Crippen LogP contribution in [0.1, 0.15) is 30.0 Å². The summed E-state index contributed by atoms with van der Waals surface area (Å²) < 4.78 is 1.84. The van der Waals surface area contributed by atoms with Gasteiger partial charge >= 0.3 is 6.03 Å². The summed E-state index contributed by atoms with van der Waals surface area (Å²) in [5.41, 5.74) is 2.09. The molecule has 1 unspecified atom stereocenters. The van der Waals surface area contributed by atoms with Crippen molar-refractivity contribution in [3.63, 3.8) is 0 Å². The summed E-state index contributed by atoms with van der Waals surface area (Å²) in [6.45, 7) is 0.402. The Balaban J connectivity index is 1.42. The molecule has 0 aliphatic heterocycles. The van der Waals surface area contributed by atoms with E-state index in [9.17, 15) is 4.79 Å². The number of urea groups is 1. The molecule has 1 aromatic carbocycles. The Morgan fingerprint density at radius 3 is 2.73 bits per heavy atom. The largest absolute Gasteiger partial charge is 0.334 e. The lowest BCUT2D eigenvalue weighted by molar-refractivity contribution is 0.235. The molecule has 1 aliphatic carbocycles. The third-order valence-electron chi connectivity index (χ3n) is 4.59. The molecule has 0 radical (unpaired) electrons. The lowest BCUT2D eigenvalue weighted by atomic mass is 10.0. The molecular formula is C20H21N5O. The second kappa shape index (κ2) is 7.39. The first-order valence-electron chi connectivity index (χ1n) is 8.83. The van der Waals surface area contributed by atoms with Crippen LogP contribution in [0.4, 0.5) is 4.79 Å². The van der Waals surface area contributed by atoms with E-state index < -0.39 is 0 Å². The Labute approximate surface area is 152 Å². The number of carbonyl (C=O) groups is 1. The number of benzene rings is 1. The molecule has 0 saturated heterocycles. The van der Waals surface area contributed by atoms with Gasteiger partial charge in [-0.05, 0) is 30.4 Å². The van der Waals surface area contributed by atoms with E-state index in [4.69, 9.17) is 0 Å². The van der Waals surface area contributed by atoms with E-state index in [1.807, 2.05) is 41.1 Å². The van der Waals surface area contributed by atoms with Crippen LogP contribution in [0.25, 0.3) is 5.82 Å². The summed E-state index contributed by atoms with van der Waals surface area (Å²) in [6, 6.07) is 13.9. The topological polar surface area (TPSA) is 71.8 Å². The molecule has 4 rings (SSSR count). The molecule has 6 nitrogen and oxygen atoms in total. The van der Waals surface area contributed by atoms with Crippen LogP contribution < -0.4 is 10.6 Å². The predicted octanol–water partition coefficient (Wildman–Crippen LogP) is 3.22. The number of rotatable bonds is 6. The molecule has 2 N–H and O–H groups in total. The first kappa shape index (κ1) is 16.3. The quantitative estimate of drug-likeness (QED) is 0.719. The third-order valence-corrected chi connectivity index (χ3v) is 4.59. The van der Waals surface area contributed by atoms with Crippen molar-refractivity contribution in [3.8, 4) is 5.82 Å². The van der Waals surface area contributed by atoms with Crippen molar-refractivity contribution in [3.05, 3.63) is 78.5 Å². The normalized spacial score (nSPS) is 14.6. The summed E-state index contributed by atoms with van der Waals surface area (Å²) >= 11 is 0. The average Bonchev–Trinajstić information content (AvgIpc) is 3.38. The fourth-order valence-corrected chi connectivity index (χ4v) is 3.12. The molecule has 2 aromatic heterocycles. The van der Waals surface area contributed by atoms with Crippen molar-refractivity contribution in [1.29, 1.82) is 0 Å². The smallest absolute Gasteiger partial charge is 0.315 e. The minimum Gasteiger partial charge on any atom is -0.334 e. The van der Waals surface area contributed by atoms with Gasteiger partial charge in [0.1, 0.15) is 12.1 Å². The van der Waals surface area contributed by atoms with Gasteiger partial charge in [0, 0.05) is 30.7 Å². The predicted molar refractivity (Wildman–Crippen MR) is 98.6 cm³/mol. The van der Waals surface area contributed by atoms with Crippen LogP contribution >= 0.6 is 0 Å². The molecule has 0 spiro atoms. The van der Waals surface area contributed by atoms with Gasteiger partial charge in [-0.2, -0.15) is 0 Å². The third kappa shape index (κ3) is 3.74. The number of nitrogens with one attached hydrogen (secondary N) is 2. The standard InChI is InChI=1S/C20H21N5O/c26-20(24-18(16-8-9-16)15-5-2-1-3-6-15)23-13-17-7-4-10-22-19(17)25-12-11-21-14-25/h1-7,10-12,14,16,18H,8-9,13H2,(H2,23,24,26). The summed E-state index contributed by atoms with van der Waals surface area (Å²) in [6.07, 6.45) is 9.30. The highest BCUT2D eigenvalue weighted by Crippen LogP contribution is 2.40. The lowest BCUT2D eigenvalue weighted by Gasteiger charge is -2.19. The van der Waals surface area contributed by atoms with Gasteiger partial charge in [0.25, 0.3) is 0 Å². The van der Waals surface area contributed by atoms with Gasteiger partial charge in [0.15, 0.2) is 0 Å². The van der Waals surface area contributed by atoms with Crippen molar-refractivity contribution in [2.24, 2.45) is 5.92 Å². The number of hydrogen-bond acceptors (Lipinski definition) is 3. The maximum atomic E-state index is 12.5. The van der Waals surface area contributed by atoms with Crippen molar-refractivity contribution in [2.45, 2.75) is 25.4 Å². The molecule has 1 fully saturated rings. The Morgan fingerprint density at radius 1 is 1.15 bits per heavy atom. The second-order valence-electron chi connectivity index (χ2n) is 6.51. The molecule has 2 amide bonds. The molecule has 3 aromatic rings. The number of imidazole rings is 1. The Hall–Kier alpha value is -3.15. The minimum atomic E-state index is -0.161. The lowest BCUT2D eigenvalue weighted by Crippen LogP contribution is -2.38. The van der Waals surface area contributed by atoms with Gasteiger partial charge in [-0.1, -0.05) is 36.4 Å². The minimum absolute atomic E-state index is 0.0678. The number of amides is 2. The zero-order chi connectivity index (χ0) is 17.8. The van der Waals surface area contributed by atoms with Crippen LogP contribution in [0.3, 0.4) is 0 Å². The van der Waals surface area contributed by atoms with E-state index in [-0.39, 0.29) is 12.1 Å². The summed E-state index contributed by atoms with van der Waals surface area (Å²) in [7, 11) is 0. The van der Waals surface area contributed by atoms with E-state index in [2.05, 4.69) is 32.7 Å². The van der Waals surface area contributed by atoms with Crippen LogP contribution in [0.2, 0.25) is 0 Å². The number of pyridine rings is 1. The molecular weight excluding hydrogens is 326 g/mol. The van der Waals surface area contributed by atoms with Crippen LogP contribution in [0.5, 0.6) is 0 Å². The zero-order valence-electron chi connectivity index (χ0n) is 14.4. The molecule has 26 heavy (non-hydrogen) atoms. The summed E-state index contributed by atoms with van der Waals surface area (Å²) in [4.78, 5) is 20.9. The molecule has 132 valence electrons. The fourth-order valence-electron chi connectivity index (χ4n) is 3.12. The van der Waals surface area contributed by atoms with Gasteiger partial charge < -0.3 is 10.6 Å². The molecule has 1 atom stereocenters. The van der Waals surface area contributed by atoms with E-state index in [1.165, 1.54) is 0 Å². The summed E-state index contributed by atoms with van der Waals surface area (Å²) in [5.74, 6) is 1.30.